The molecule has 0 amide bonds. The summed E-state index contributed by atoms with van der Waals surface area (Å²) in [4.78, 5) is 0. The van der Waals surface area contributed by atoms with Gasteiger partial charge in [0, 0.05) is 0 Å². The molecule has 0 saturated carbocycles. The molecular weight excluding hydrogens is 204 g/mol. The van der Waals surface area contributed by atoms with Crippen molar-refractivity contribution in [2.45, 2.75) is 33.6 Å². The van der Waals surface area contributed by atoms with Crippen LogP contribution in [0.15, 0.2) is 36.4 Å². The van der Waals surface area contributed by atoms with Crippen molar-refractivity contribution in [1.82, 2.24) is 0 Å². The third-order valence-electron chi connectivity index (χ3n) is 3.26. The number of hydrogen-bond donors (Lipinski definition) is 0. The molecule has 2 aromatic rings. The second-order valence-electron chi connectivity index (χ2n) is 4.25. The first-order valence-corrected chi connectivity index (χ1v) is 6.54. The molecule has 17 heavy (non-hydrogen) atoms. The third kappa shape index (κ3) is 2.12. The molecule has 0 heteroatoms. The maximum atomic E-state index is 2.31. The van der Waals surface area contributed by atoms with Crippen molar-refractivity contribution in [3.63, 3.8) is 0 Å². The van der Waals surface area contributed by atoms with Gasteiger partial charge < -0.3 is 0 Å². The summed E-state index contributed by atoms with van der Waals surface area (Å²) in [6.07, 6.45) is 6.90. The number of allylic oxidation sites excluding steroid dienone is 1. The molecule has 0 bridgehead atoms. The van der Waals surface area contributed by atoms with E-state index in [0.717, 1.165) is 0 Å². The van der Waals surface area contributed by atoms with Crippen LogP contribution >= 0.6 is 0 Å². The highest BCUT2D eigenvalue weighted by Crippen LogP contribution is 2.30. The average molecular weight is 224 g/mol. The van der Waals surface area contributed by atoms with Gasteiger partial charge in [-0.3, -0.25) is 0 Å². The Morgan fingerprint density at radius 1 is 1.00 bits per heavy atom. The maximum Gasteiger partial charge on any atom is -0.0143 e. The fourth-order valence-electron chi connectivity index (χ4n) is 2.51. The molecule has 0 heterocycles. The second-order valence-corrected chi connectivity index (χ2v) is 4.25. The molecule has 0 atom stereocenters. The SMILES string of the molecule is CC.Cc1cc2c(c3ccccc13)CCC=C2. The molecule has 1 aliphatic rings. The fraction of sp³-hybridized carbons (Fsp3) is 0.294. The first-order chi connectivity index (χ1) is 8.36. The average Bonchev–Trinajstić information content (AvgIpc) is 2.42. The van der Waals surface area contributed by atoms with Gasteiger partial charge in [0.2, 0.25) is 0 Å². The second kappa shape index (κ2) is 5.18. The van der Waals surface area contributed by atoms with Crippen LogP contribution in [-0.4, -0.2) is 0 Å². The molecule has 0 saturated heterocycles. The highest BCUT2D eigenvalue weighted by atomic mass is 14.1. The zero-order valence-electron chi connectivity index (χ0n) is 11.0. The number of aryl methyl sites for hydroxylation is 2. The van der Waals surface area contributed by atoms with E-state index in [9.17, 15) is 0 Å². The lowest BCUT2D eigenvalue weighted by molar-refractivity contribution is 0.996. The van der Waals surface area contributed by atoms with E-state index >= 15 is 0 Å². The highest BCUT2D eigenvalue weighted by molar-refractivity contribution is 5.91. The van der Waals surface area contributed by atoms with E-state index in [1.165, 1.54) is 40.3 Å². The Kier molecular flexibility index (Phi) is 3.63. The van der Waals surface area contributed by atoms with Gasteiger partial charge in [-0.25, -0.2) is 0 Å². The van der Waals surface area contributed by atoms with E-state index in [1.54, 1.807) is 0 Å². The van der Waals surface area contributed by atoms with Crippen molar-refractivity contribution in [1.29, 1.82) is 0 Å². The van der Waals surface area contributed by atoms with Crippen LogP contribution in [0.3, 0.4) is 0 Å². The maximum absolute atomic E-state index is 2.31. The van der Waals surface area contributed by atoms with Gasteiger partial charge in [-0.2, -0.15) is 0 Å². The molecule has 0 N–H and O–H groups in total. The number of rotatable bonds is 0. The van der Waals surface area contributed by atoms with Crippen LogP contribution in [-0.2, 0) is 6.42 Å². The highest BCUT2D eigenvalue weighted by Gasteiger charge is 2.09. The van der Waals surface area contributed by atoms with Gasteiger partial charge in [0.15, 0.2) is 0 Å². The summed E-state index contributed by atoms with van der Waals surface area (Å²) < 4.78 is 0. The molecule has 0 aromatic heterocycles. The fourth-order valence-corrected chi connectivity index (χ4v) is 2.51. The predicted octanol–water partition coefficient (Wildman–Crippen LogP) is 5.13. The summed E-state index contributed by atoms with van der Waals surface area (Å²) in [7, 11) is 0. The minimum Gasteiger partial charge on any atom is -0.0836 e. The van der Waals surface area contributed by atoms with Gasteiger partial charge in [-0.05, 0) is 47.2 Å². The molecule has 0 fully saturated rings. The zero-order chi connectivity index (χ0) is 12.3. The lowest BCUT2D eigenvalue weighted by atomic mass is 9.89. The van der Waals surface area contributed by atoms with Crippen LogP contribution in [0.4, 0.5) is 0 Å². The van der Waals surface area contributed by atoms with E-state index in [-0.39, 0.29) is 0 Å². The van der Waals surface area contributed by atoms with E-state index in [1.807, 2.05) is 13.8 Å². The lowest BCUT2D eigenvalue weighted by Crippen LogP contribution is -1.96. The zero-order valence-corrected chi connectivity index (χ0v) is 11.0. The molecule has 0 nitrogen and oxygen atoms in total. The molecule has 0 unspecified atom stereocenters. The van der Waals surface area contributed by atoms with Crippen LogP contribution < -0.4 is 0 Å². The van der Waals surface area contributed by atoms with Crippen molar-refractivity contribution in [2.75, 3.05) is 0 Å². The topological polar surface area (TPSA) is 0 Å². The Morgan fingerprint density at radius 3 is 2.47 bits per heavy atom. The number of fused-ring (bicyclic) bond motifs is 3. The van der Waals surface area contributed by atoms with Gasteiger partial charge in [0.25, 0.3) is 0 Å². The molecule has 1 aliphatic carbocycles. The Balaban J connectivity index is 0.000000514. The summed E-state index contributed by atoms with van der Waals surface area (Å²) in [5.74, 6) is 0. The summed E-state index contributed by atoms with van der Waals surface area (Å²) in [5, 5.41) is 2.85. The van der Waals surface area contributed by atoms with Crippen LogP contribution in [0.25, 0.3) is 16.8 Å². The van der Waals surface area contributed by atoms with Crippen LogP contribution in [0.1, 0.15) is 37.0 Å². The monoisotopic (exact) mass is 224 g/mol. The van der Waals surface area contributed by atoms with E-state index in [0.29, 0.717) is 0 Å². The van der Waals surface area contributed by atoms with Crippen LogP contribution in [0, 0.1) is 6.92 Å². The summed E-state index contributed by atoms with van der Waals surface area (Å²) >= 11 is 0. The normalized spacial score (nSPS) is 12.9. The molecule has 0 radical (unpaired) electrons. The van der Waals surface area contributed by atoms with Crippen molar-refractivity contribution in [3.8, 4) is 0 Å². The van der Waals surface area contributed by atoms with E-state index < -0.39 is 0 Å². The Morgan fingerprint density at radius 2 is 1.71 bits per heavy atom. The number of hydrogen-bond acceptors (Lipinski definition) is 0. The summed E-state index contributed by atoms with van der Waals surface area (Å²) in [5.41, 5.74) is 4.33. The molecule has 88 valence electrons. The van der Waals surface area contributed by atoms with Crippen molar-refractivity contribution in [2.24, 2.45) is 0 Å². The van der Waals surface area contributed by atoms with Crippen molar-refractivity contribution < 1.29 is 0 Å². The molecule has 0 aliphatic heterocycles. The minimum atomic E-state index is 1.18. The van der Waals surface area contributed by atoms with Crippen LogP contribution in [0.5, 0.6) is 0 Å². The van der Waals surface area contributed by atoms with Crippen molar-refractivity contribution in [3.05, 3.63) is 53.1 Å². The molecule has 2 aromatic carbocycles. The Hall–Kier alpha value is -1.56. The summed E-state index contributed by atoms with van der Waals surface area (Å²) in [6, 6.07) is 11.1. The van der Waals surface area contributed by atoms with Gasteiger partial charge >= 0.3 is 0 Å². The molecule has 0 spiro atoms. The van der Waals surface area contributed by atoms with E-state index in [4.69, 9.17) is 0 Å². The van der Waals surface area contributed by atoms with Gasteiger partial charge in [-0.1, -0.05) is 56.3 Å². The summed E-state index contributed by atoms with van der Waals surface area (Å²) in [6.45, 7) is 6.20. The Labute approximate surface area is 104 Å². The third-order valence-corrected chi connectivity index (χ3v) is 3.26. The first kappa shape index (κ1) is 11.9. The van der Waals surface area contributed by atoms with Crippen LogP contribution in [0.2, 0.25) is 0 Å². The largest absolute Gasteiger partial charge is 0.0836 e. The van der Waals surface area contributed by atoms with Gasteiger partial charge in [0.1, 0.15) is 0 Å². The molecular formula is C17H20. The van der Waals surface area contributed by atoms with Crippen molar-refractivity contribution >= 4 is 16.8 Å². The predicted molar refractivity (Wildman–Crippen MR) is 77.4 cm³/mol. The molecule has 3 rings (SSSR count). The lowest BCUT2D eigenvalue weighted by Gasteiger charge is -2.15. The quantitative estimate of drug-likeness (QED) is 0.581. The van der Waals surface area contributed by atoms with E-state index in [2.05, 4.69) is 49.4 Å². The smallest absolute Gasteiger partial charge is 0.0143 e. The number of benzene rings is 2. The first-order valence-electron chi connectivity index (χ1n) is 6.54. The van der Waals surface area contributed by atoms with Gasteiger partial charge in [-0.15, -0.1) is 0 Å². The minimum absolute atomic E-state index is 1.18. The Bertz CT molecular complexity index is 547. The standard InChI is InChI=1S/C15H14.C2H6/c1-11-10-12-6-2-3-8-14(12)15-9-5-4-7-13(11)15;1-2/h2,4-7,9-10H,3,8H2,1H3;1-2H3. The van der Waals surface area contributed by atoms with Gasteiger partial charge in [0.05, 0.1) is 0 Å².